The van der Waals surface area contributed by atoms with Gasteiger partial charge >= 0.3 is 5.69 Å². The zero-order valence-corrected chi connectivity index (χ0v) is 13.2. The van der Waals surface area contributed by atoms with Crippen molar-refractivity contribution >= 4 is 17.4 Å². The predicted molar refractivity (Wildman–Crippen MR) is 84.6 cm³/mol. The predicted octanol–water partition coefficient (Wildman–Crippen LogP) is 1.67. The van der Waals surface area contributed by atoms with Crippen molar-refractivity contribution in [3.05, 3.63) is 22.5 Å². The van der Waals surface area contributed by atoms with E-state index in [1.54, 1.807) is 0 Å². The number of nitro groups is 1. The van der Waals surface area contributed by atoms with E-state index in [0.29, 0.717) is 6.54 Å². The number of nitrogens with one attached hydrogen (secondary N) is 1. The maximum Gasteiger partial charge on any atom is 0.306 e. The molecule has 0 aliphatic carbocycles. The Bertz CT molecular complexity index is 414. The minimum absolute atomic E-state index is 0.0552. The summed E-state index contributed by atoms with van der Waals surface area (Å²) in [6, 6.07) is 0. The van der Waals surface area contributed by atoms with E-state index in [1.165, 1.54) is 42.1 Å². The molecule has 1 heterocycles. The van der Waals surface area contributed by atoms with Gasteiger partial charge in [-0.2, -0.15) is 16.9 Å². The number of unbranched alkanes of at least 4 members (excludes halogenated alkanes) is 3. The summed E-state index contributed by atoms with van der Waals surface area (Å²) in [5, 5.41) is 27.4. The number of hydrogen-bond donors (Lipinski definition) is 2. The molecule has 0 amide bonds. The summed E-state index contributed by atoms with van der Waals surface area (Å²) in [5.74, 6) is 1.22. The van der Waals surface area contributed by atoms with Gasteiger partial charge in [-0.25, -0.2) is 0 Å². The van der Waals surface area contributed by atoms with Crippen LogP contribution in [0.5, 0.6) is 0 Å². The molecule has 1 atom stereocenters. The minimum Gasteiger partial charge on any atom is -0.390 e. The van der Waals surface area contributed by atoms with Crippen molar-refractivity contribution in [3.8, 4) is 0 Å². The zero-order valence-electron chi connectivity index (χ0n) is 12.4. The summed E-state index contributed by atoms with van der Waals surface area (Å²) in [5.41, 5.74) is -0.0552. The standard InChI is InChI=1S/C13H24N4O3S/c1-21-7-5-3-2-4-6-14-9-13(18)11-16-10-12(8-15-16)17(19)20/h8,10,13-14,18H,2-7,9,11H2,1H3. The van der Waals surface area contributed by atoms with Gasteiger partial charge in [-0.3, -0.25) is 14.8 Å². The largest absolute Gasteiger partial charge is 0.390 e. The maximum atomic E-state index is 10.5. The smallest absolute Gasteiger partial charge is 0.306 e. The Balaban J connectivity index is 2.05. The zero-order chi connectivity index (χ0) is 15.5. The van der Waals surface area contributed by atoms with Crippen LogP contribution in [0.2, 0.25) is 0 Å². The van der Waals surface area contributed by atoms with E-state index < -0.39 is 11.0 Å². The average Bonchev–Trinajstić information content (AvgIpc) is 2.90. The molecular weight excluding hydrogens is 292 g/mol. The number of rotatable bonds is 12. The maximum absolute atomic E-state index is 10.5. The highest BCUT2D eigenvalue weighted by atomic mass is 32.2. The number of hydrogen-bond acceptors (Lipinski definition) is 6. The number of aromatic nitrogens is 2. The van der Waals surface area contributed by atoms with Gasteiger partial charge in [0.1, 0.15) is 12.4 Å². The van der Waals surface area contributed by atoms with Gasteiger partial charge in [0.15, 0.2) is 0 Å². The van der Waals surface area contributed by atoms with Crippen molar-refractivity contribution in [2.24, 2.45) is 0 Å². The Hall–Kier alpha value is -1.12. The molecule has 0 bridgehead atoms. The molecule has 1 rings (SSSR count). The van der Waals surface area contributed by atoms with Crippen LogP contribution in [-0.2, 0) is 6.54 Å². The first kappa shape index (κ1) is 17.9. The summed E-state index contributed by atoms with van der Waals surface area (Å²) in [7, 11) is 0. The highest BCUT2D eigenvalue weighted by Crippen LogP contribution is 2.08. The molecule has 1 aromatic rings. The summed E-state index contributed by atoms with van der Waals surface area (Å²) < 4.78 is 1.40. The van der Waals surface area contributed by atoms with Crippen molar-refractivity contribution in [2.45, 2.75) is 38.3 Å². The summed E-state index contributed by atoms with van der Waals surface area (Å²) in [6.07, 6.45) is 8.87. The molecule has 1 unspecified atom stereocenters. The first-order chi connectivity index (χ1) is 10.1. The molecule has 7 nitrogen and oxygen atoms in total. The third-order valence-corrected chi connectivity index (χ3v) is 3.76. The van der Waals surface area contributed by atoms with Crippen LogP contribution in [0, 0.1) is 10.1 Å². The van der Waals surface area contributed by atoms with Crippen LogP contribution in [-0.4, -0.2) is 51.0 Å². The van der Waals surface area contributed by atoms with E-state index in [9.17, 15) is 15.2 Å². The SMILES string of the molecule is CSCCCCCCNCC(O)Cn1cc([N+](=O)[O-])cn1. The average molecular weight is 316 g/mol. The lowest BCUT2D eigenvalue weighted by Crippen LogP contribution is -2.31. The van der Waals surface area contributed by atoms with E-state index in [2.05, 4.69) is 16.7 Å². The molecule has 0 spiro atoms. The third kappa shape index (κ3) is 8.03. The van der Waals surface area contributed by atoms with Crippen LogP contribution in [0.25, 0.3) is 0 Å². The fourth-order valence-electron chi connectivity index (χ4n) is 1.95. The van der Waals surface area contributed by atoms with E-state index in [4.69, 9.17) is 0 Å². The van der Waals surface area contributed by atoms with Gasteiger partial charge in [0.2, 0.25) is 0 Å². The fourth-order valence-corrected chi connectivity index (χ4v) is 2.44. The number of aliphatic hydroxyl groups is 1. The van der Waals surface area contributed by atoms with E-state index in [1.807, 2.05) is 11.8 Å². The molecule has 120 valence electrons. The molecule has 0 saturated heterocycles. The van der Waals surface area contributed by atoms with Gasteiger partial charge in [-0.1, -0.05) is 12.8 Å². The Kier molecular flexibility index (Phi) is 9.04. The second-order valence-corrected chi connectivity index (χ2v) is 5.93. The second kappa shape index (κ2) is 10.6. The van der Waals surface area contributed by atoms with Crippen LogP contribution < -0.4 is 5.32 Å². The third-order valence-electron chi connectivity index (χ3n) is 3.06. The van der Waals surface area contributed by atoms with Gasteiger partial charge in [-0.05, 0) is 31.4 Å². The molecule has 8 heteroatoms. The Morgan fingerprint density at radius 3 is 2.90 bits per heavy atom. The highest BCUT2D eigenvalue weighted by Gasteiger charge is 2.11. The van der Waals surface area contributed by atoms with Crippen molar-refractivity contribution < 1.29 is 10.0 Å². The monoisotopic (exact) mass is 316 g/mol. The van der Waals surface area contributed by atoms with Gasteiger partial charge in [0.25, 0.3) is 0 Å². The quantitative estimate of drug-likeness (QED) is 0.346. The first-order valence-corrected chi connectivity index (χ1v) is 8.57. The van der Waals surface area contributed by atoms with Gasteiger partial charge in [-0.15, -0.1) is 0 Å². The Morgan fingerprint density at radius 2 is 2.24 bits per heavy atom. The van der Waals surface area contributed by atoms with Crippen molar-refractivity contribution in [1.29, 1.82) is 0 Å². The molecule has 0 aliphatic rings. The molecule has 2 N–H and O–H groups in total. The van der Waals surface area contributed by atoms with Crippen LogP contribution in [0.3, 0.4) is 0 Å². The van der Waals surface area contributed by atoms with Gasteiger partial charge in [0, 0.05) is 6.54 Å². The highest BCUT2D eigenvalue weighted by molar-refractivity contribution is 7.98. The first-order valence-electron chi connectivity index (χ1n) is 7.18. The van der Waals surface area contributed by atoms with Gasteiger partial charge < -0.3 is 10.4 Å². The molecule has 0 aromatic carbocycles. The van der Waals surface area contributed by atoms with E-state index in [0.717, 1.165) is 13.0 Å². The van der Waals surface area contributed by atoms with E-state index >= 15 is 0 Å². The normalized spacial score (nSPS) is 12.5. The summed E-state index contributed by atoms with van der Waals surface area (Å²) in [6.45, 7) is 1.61. The molecule has 0 radical (unpaired) electrons. The van der Waals surface area contributed by atoms with Crippen molar-refractivity contribution in [1.82, 2.24) is 15.1 Å². The lowest BCUT2D eigenvalue weighted by molar-refractivity contribution is -0.385. The Morgan fingerprint density at radius 1 is 1.48 bits per heavy atom. The van der Waals surface area contributed by atoms with Crippen LogP contribution in [0.4, 0.5) is 5.69 Å². The summed E-state index contributed by atoms with van der Waals surface area (Å²) >= 11 is 1.88. The topological polar surface area (TPSA) is 93.2 Å². The molecule has 21 heavy (non-hydrogen) atoms. The molecule has 0 fully saturated rings. The fraction of sp³-hybridized carbons (Fsp3) is 0.769. The molecule has 0 aliphatic heterocycles. The van der Waals surface area contributed by atoms with E-state index in [-0.39, 0.29) is 12.2 Å². The van der Waals surface area contributed by atoms with Crippen LogP contribution in [0.15, 0.2) is 12.4 Å². The molecule has 1 aromatic heterocycles. The summed E-state index contributed by atoms with van der Waals surface area (Å²) in [4.78, 5) is 10.0. The lowest BCUT2D eigenvalue weighted by atomic mass is 10.2. The van der Waals surface area contributed by atoms with Crippen LogP contribution >= 0.6 is 11.8 Å². The number of aliphatic hydroxyl groups excluding tert-OH is 1. The van der Waals surface area contributed by atoms with Crippen molar-refractivity contribution in [3.63, 3.8) is 0 Å². The lowest BCUT2D eigenvalue weighted by Gasteiger charge is -2.11. The number of nitrogens with zero attached hydrogens (tertiary/aromatic N) is 3. The van der Waals surface area contributed by atoms with Crippen molar-refractivity contribution in [2.75, 3.05) is 25.1 Å². The number of thioether (sulfide) groups is 1. The molecule has 0 saturated carbocycles. The Labute approximate surface area is 129 Å². The van der Waals surface area contributed by atoms with Gasteiger partial charge in [0.05, 0.1) is 17.6 Å². The molecular formula is C13H24N4O3S. The second-order valence-electron chi connectivity index (χ2n) is 4.94. The van der Waals surface area contributed by atoms with Crippen LogP contribution in [0.1, 0.15) is 25.7 Å². The minimum atomic E-state index is -0.596.